The van der Waals surface area contributed by atoms with Crippen LogP contribution in [0.5, 0.6) is 0 Å². The first-order valence-corrected chi connectivity index (χ1v) is 6.45. The second-order valence-electron chi connectivity index (χ2n) is 3.92. The van der Waals surface area contributed by atoms with Crippen molar-refractivity contribution in [2.24, 2.45) is 5.73 Å². The molecule has 5 nitrogen and oxygen atoms in total. The third kappa shape index (κ3) is 3.04. The van der Waals surface area contributed by atoms with Crippen molar-refractivity contribution in [1.82, 2.24) is 9.97 Å². The van der Waals surface area contributed by atoms with Crippen molar-refractivity contribution in [3.8, 4) is 0 Å². The zero-order valence-electron chi connectivity index (χ0n) is 10.1. The van der Waals surface area contributed by atoms with E-state index in [1.807, 2.05) is 11.9 Å². The molecule has 0 aliphatic heterocycles. The molecule has 0 aliphatic carbocycles. The van der Waals surface area contributed by atoms with E-state index in [2.05, 4.69) is 27.5 Å². The van der Waals surface area contributed by atoms with E-state index in [1.54, 1.807) is 17.5 Å². The number of nitrogen functional groups attached to an aromatic ring is 1. The molecule has 0 aromatic carbocycles. The standard InChI is InChI=1S/C12H15N5S/c1-17(5-4-9-3-2-6-18-9)11-8-15-10(7-16-11)12(13)14/h2-3,6-8H,4-5H2,1H3,(H3,13,14). The fraction of sp³-hybridized carbons (Fsp3) is 0.250. The van der Waals surface area contributed by atoms with Crippen LogP contribution >= 0.6 is 11.3 Å². The average Bonchev–Trinajstić information content (AvgIpc) is 2.89. The first-order valence-electron chi connectivity index (χ1n) is 5.57. The summed E-state index contributed by atoms with van der Waals surface area (Å²) in [5.41, 5.74) is 5.74. The van der Waals surface area contributed by atoms with Gasteiger partial charge in [0.1, 0.15) is 17.3 Å². The molecule has 0 aliphatic rings. The van der Waals surface area contributed by atoms with Crippen LogP contribution in [0.1, 0.15) is 10.6 Å². The summed E-state index contributed by atoms with van der Waals surface area (Å²) in [5, 5.41) is 9.33. The summed E-state index contributed by atoms with van der Waals surface area (Å²) < 4.78 is 0. The average molecular weight is 261 g/mol. The lowest BCUT2D eigenvalue weighted by molar-refractivity contribution is 0.862. The molecule has 2 aromatic rings. The maximum absolute atomic E-state index is 7.25. The molecular formula is C12H15N5S. The Morgan fingerprint density at radius 3 is 2.83 bits per heavy atom. The van der Waals surface area contributed by atoms with Crippen molar-refractivity contribution < 1.29 is 0 Å². The van der Waals surface area contributed by atoms with Crippen LogP contribution in [0.4, 0.5) is 5.82 Å². The van der Waals surface area contributed by atoms with E-state index < -0.39 is 0 Å². The predicted molar refractivity (Wildman–Crippen MR) is 74.3 cm³/mol. The topological polar surface area (TPSA) is 78.9 Å². The normalized spacial score (nSPS) is 10.3. The maximum atomic E-state index is 7.25. The monoisotopic (exact) mass is 261 g/mol. The zero-order chi connectivity index (χ0) is 13.0. The van der Waals surface area contributed by atoms with Crippen molar-refractivity contribution in [2.75, 3.05) is 18.5 Å². The highest BCUT2D eigenvalue weighted by Crippen LogP contribution is 2.12. The van der Waals surface area contributed by atoms with Crippen LogP contribution in [0.2, 0.25) is 0 Å². The van der Waals surface area contributed by atoms with Crippen molar-refractivity contribution in [3.63, 3.8) is 0 Å². The Bertz CT molecular complexity index is 506. The number of aromatic nitrogens is 2. The number of thiophene rings is 1. The largest absolute Gasteiger partial charge is 0.382 e. The van der Waals surface area contributed by atoms with Gasteiger partial charge in [0.05, 0.1) is 12.4 Å². The van der Waals surface area contributed by atoms with Crippen LogP contribution in [0.25, 0.3) is 0 Å². The number of likely N-dealkylation sites (N-methyl/N-ethyl adjacent to an activating group) is 1. The van der Waals surface area contributed by atoms with Gasteiger partial charge in [-0.2, -0.15) is 0 Å². The lowest BCUT2D eigenvalue weighted by Gasteiger charge is -2.17. The van der Waals surface area contributed by atoms with Crippen molar-refractivity contribution in [1.29, 1.82) is 5.41 Å². The summed E-state index contributed by atoms with van der Waals surface area (Å²) in [7, 11) is 1.98. The summed E-state index contributed by atoms with van der Waals surface area (Å²) >= 11 is 1.76. The molecule has 0 radical (unpaired) electrons. The van der Waals surface area contributed by atoms with Crippen LogP contribution in [0.15, 0.2) is 29.9 Å². The van der Waals surface area contributed by atoms with E-state index in [4.69, 9.17) is 11.1 Å². The third-order valence-corrected chi connectivity index (χ3v) is 3.52. The molecule has 6 heteroatoms. The van der Waals surface area contributed by atoms with Gasteiger partial charge in [-0.25, -0.2) is 9.97 Å². The van der Waals surface area contributed by atoms with Crippen molar-refractivity contribution in [2.45, 2.75) is 6.42 Å². The van der Waals surface area contributed by atoms with E-state index in [0.29, 0.717) is 5.69 Å². The second-order valence-corrected chi connectivity index (χ2v) is 4.96. The van der Waals surface area contributed by atoms with E-state index in [1.165, 1.54) is 11.1 Å². The lowest BCUT2D eigenvalue weighted by Crippen LogP contribution is -2.22. The Balaban J connectivity index is 1.96. The van der Waals surface area contributed by atoms with E-state index in [-0.39, 0.29) is 5.84 Å². The Labute approximate surface area is 110 Å². The molecule has 0 fully saturated rings. The fourth-order valence-corrected chi connectivity index (χ4v) is 2.20. The van der Waals surface area contributed by atoms with Crippen LogP contribution in [-0.4, -0.2) is 29.4 Å². The molecule has 18 heavy (non-hydrogen) atoms. The summed E-state index contributed by atoms with van der Waals surface area (Å²) in [5.74, 6) is 0.729. The quantitative estimate of drug-likeness (QED) is 0.631. The summed E-state index contributed by atoms with van der Waals surface area (Å²) in [6.45, 7) is 0.884. The Morgan fingerprint density at radius 1 is 1.44 bits per heavy atom. The van der Waals surface area contributed by atoms with Gasteiger partial charge in [-0.15, -0.1) is 11.3 Å². The minimum Gasteiger partial charge on any atom is -0.382 e. The van der Waals surface area contributed by atoms with Crippen LogP contribution in [0.3, 0.4) is 0 Å². The smallest absolute Gasteiger partial charge is 0.146 e. The maximum Gasteiger partial charge on any atom is 0.146 e. The predicted octanol–water partition coefficient (Wildman–Crippen LogP) is 1.50. The van der Waals surface area contributed by atoms with Gasteiger partial charge in [0.15, 0.2) is 0 Å². The number of nitrogens with one attached hydrogen (secondary N) is 1. The van der Waals surface area contributed by atoms with Gasteiger partial charge >= 0.3 is 0 Å². The molecule has 0 bridgehead atoms. The lowest BCUT2D eigenvalue weighted by atomic mass is 10.3. The number of nitrogens with zero attached hydrogens (tertiary/aromatic N) is 3. The second kappa shape index (κ2) is 5.59. The van der Waals surface area contributed by atoms with Gasteiger partial charge < -0.3 is 10.6 Å². The van der Waals surface area contributed by atoms with Gasteiger partial charge in [0.2, 0.25) is 0 Å². The molecule has 0 amide bonds. The number of hydrogen-bond acceptors (Lipinski definition) is 5. The highest BCUT2D eigenvalue weighted by atomic mass is 32.1. The van der Waals surface area contributed by atoms with Gasteiger partial charge in [-0.1, -0.05) is 6.07 Å². The summed E-state index contributed by atoms with van der Waals surface area (Å²) in [6.07, 6.45) is 4.16. The van der Waals surface area contributed by atoms with E-state index in [0.717, 1.165) is 18.8 Å². The Kier molecular flexibility index (Phi) is 3.88. The molecule has 0 atom stereocenters. The first-order chi connectivity index (χ1) is 8.66. The number of rotatable bonds is 5. The highest BCUT2D eigenvalue weighted by molar-refractivity contribution is 7.09. The van der Waals surface area contributed by atoms with Crippen LogP contribution in [-0.2, 0) is 6.42 Å². The number of nitrogens with two attached hydrogens (primary N) is 1. The number of anilines is 1. The van der Waals surface area contributed by atoms with E-state index >= 15 is 0 Å². The van der Waals surface area contributed by atoms with Crippen LogP contribution in [0, 0.1) is 5.41 Å². The number of amidine groups is 1. The number of hydrogen-bond donors (Lipinski definition) is 2. The molecule has 94 valence electrons. The Morgan fingerprint density at radius 2 is 2.28 bits per heavy atom. The van der Waals surface area contributed by atoms with Crippen LogP contribution < -0.4 is 10.6 Å². The van der Waals surface area contributed by atoms with Gasteiger partial charge in [0.25, 0.3) is 0 Å². The minimum absolute atomic E-state index is 0.0599. The molecule has 0 saturated heterocycles. The highest BCUT2D eigenvalue weighted by Gasteiger charge is 2.05. The molecular weight excluding hydrogens is 246 g/mol. The van der Waals surface area contributed by atoms with Crippen molar-refractivity contribution >= 4 is 23.0 Å². The van der Waals surface area contributed by atoms with E-state index in [9.17, 15) is 0 Å². The first kappa shape index (κ1) is 12.5. The van der Waals surface area contributed by atoms with Crippen molar-refractivity contribution in [3.05, 3.63) is 40.5 Å². The molecule has 0 unspecified atom stereocenters. The molecule has 0 spiro atoms. The zero-order valence-corrected chi connectivity index (χ0v) is 10.9. The van der Waals surface area contributed by atoms with Gasteiger partial charge in [-0.3, -0.25) is 5.41 Å². The van der Waals surface area contributed by atoms with Gasteiger partial charge in [-0.05, 0) is 17.9 Å². The minimum atomic E-state index is -0.0599. The Hall–Kier alpha value is -1.95. The molecule has 0 saturated carbocycles. The molecule has 2 rings (SSSR count). The molecule has 2 aromatic heterocycles. The summed E-state index contributed by atoms with van der Waals surface area (Å²) in [6, 6.07) is 4.19. The summed E-state index contributed by atoms with van der Waals surface area (Å²) in [4.78, 5) is 11.7. The third-order valence-electron chi connectivity index (χ3n) is 2.58. The molecule has 3 N–H and O–H groups in total. The van der Waals surface area contributed by atoms with Gasteiger partial charge in [0, 0.05) is 18.5 Å². The fourth-order valence-electron chi connectivity index (χ4n) is 1.50. The molecule has 2 heterocycles. The SMILES string of the molecule is CN(CCc1cccs1)c1cnc(C(=N)N)cn1.